The summed E-state index contributed by atoms with van der Waals surface area (Å²) >= 11 is 0. The Morgan fingerprint density at radius 3 is 2.47 bits per heavy atom. The number of halogens is 3. The highest BCUT2D eigenvalue weighted by molar-refractivity contribution is 5.94. The van der Waals surface area contributed by atoms with Crippen LogP contribution in [-0.4, -0.2) is 12.1 Å². The van der Waals surface area contributed by atoms with Crippen molar-refractivity contribution in [2.75, 3.05) is 0 Å². The molecule has 15 heavy (non-hydrogen) atoms. The maximum absolute atomic E-state index is 12.7. The van der Waals surface area contributed by atoms with E-state index < -0.39 is 17.7 Å². The highest BCUT2D eigenvalue weighted by atomic mass is 19.4. The lowest BCUT2D eigenvalue weighted by molar-refractivity contribution is -0.253. The SMILES string of the molecule is CC1(C(F)(F)F)OC(=O)c2ccccc21. The van der Waals surface area contributed by atoms with Gasteiger partial charge in [0.25, 0.3) is 0 Å². The fourth-order valence-electron chi connectivity index (χ4n) is 1.58. The van der Waals surface area contributed by atoms with E-state index in [-0.39, 0.29) is 11.1 Å². The predicted molar refractivity (Wildman–Crippen MR) is 45.3 cm³/mol. The van der Waals surface area contributed by atoms with Gasteiger partial charge in [0.1, 0.15) is 0 Å². The molecular formula is C10H7F3O2. The quantitative estimate of drug-likeness (QED) is 0.623. The zero-order chi connectivity index (χ0) is 11.3. The lowest BCUT2D eigenvalue weighted by Crippen LogP contribution is -2.39. The van der Waals surface area contributed by atoms with Gasteiger partial charge in [0.2, 0.25) is 5.60 Å². The van der Waals surface area contributed by atoms with Crippen LogP contribution in [0.3, 0.4) is 0 Å². The molecule has 1 aliphatic rings. The minimum atomic E-state index is -4.60. The molecule has 1 heterocycles. The Bertz CT molecular complexity index is 425. The molecule has 0 saturated heterocycles. The van der Waals surface area contributed by atoms with Gasteiger partial charge in [0.15, 0.2) is 0 Å². The Hall–Kier alpha value is -1.52. The summed E-state index contributed by atoms with van der Waals surface area (Å²) in [6.45, 7) is 0.858. The number of hydrogen-bond acceptors (Lipinski definition) is 2. The molecule has 2 nitrogen and oxygen atoms in total. The highest BCUT2D eigenvalue weighted by Gasteiger charge is 2.60. The smallest absolute Gasteiger partial charge is 0.432 e. The molecule has 0 bridgehead atoms. The maximum Gasteiger partial charge on any atom is 0.432 e. The number of carbonyl (C=O) groups excluding carboxylic acids is 1. The molecule has 1 aliphatic heterocycles. The predicted octanol–water partition coefficient (Wildman–Crippen LogP) is 2.63. The van der Waals surface area contributed by atoms with Crippen LogP contribution in [0.1, 0.15) is 22.8 Å². The van der Waals surface area contributed by atoms with Crippen LogP contribution in [0.5, 0.6) is 0 Å². The summed E-state index contributed by atoms with van der Waals surface area (Å²) in [6, 6.07) is 5.54. The number of benzene rings is 1. The minimum absolute atomic E-state index is 0.0164. The van der Waals surface area contributed by atoms with Gasteiger partial charge >= 0.3 is 12.1 Å². The number of carbonyl (C=O) groups is 1. The second-order valence-corrected chi connectivity index (χ2v) is 3.47. The molecule has 0 saturated carbocycles. The molecule has 5 heteroatoms. The molecule has 1 unspecified atom stereocenters. The molecule has 0 fully saturated rings. The van der Waals surface area contributed by atoms with Crippen LogP contribution >= 0.6 is 0 Å². The van der Waals surface area contributed by atoms with E-state index in [1.165, 1.54) is 24.3 Å². The summed E-state index contributed by atoms with van der Waals surface area (Å²) in [7, 11) is 0. The van der Waals surface area contributed by atoms with E-state index in [1.54, 1.807) is 0 Å². The zero-order valence-electron chi connectivity index (χ0n) is 7.76. The van der Waals surface area contributed by atoms with E-state index >= 15 is 0 Å². The molecule has 0 aromatic heterocycles. The first-order valence-electron chi connectivity index (χ1n) is 4.26. The van der Waals surface area contributed by atoms with Crippen LogP contribution < -0.4 is 0 Å². The Morgan fingerprint density at radius 2 is 1.87 bits per heavy atom. The van der Waals surface area contributed by atoms with Crippen LogP contribution in [0.25, 0.3) is 0 Å². The Morgan fingerprint density at radius 1 is 1.27 bits per heavy atom. The fourth-order valence-corrected chi connectivity index (χ4v) is 1.58. The van der Waals surface area contributed by atoms with Gasteiger partial charge in [0, 0.05) is 5.56 Å². The van der Waals surface area contributed by atoms with E-state index in [1.807, 2.05) is 0 Å². The summed E-state index contributed by atoms with van der Waals surface area (Å²) in [4.78, 5) is 11.2. The van der Waals surface area contributed by atoms with Crippen molar-refractivity contribution in [3.8, 4) is 0 Å². The first-order valence-corrected chi connectivity index (χ1v) is 4.26. The summed E-state index contributed by atoms with van der Waals surface area (Å²) in [5.41, 5.74) is -2.65. The summed E-state index contributed by atoms with van der Waals surface area (Å²) in [6.07, 6.45) is -4.60. The van der Waals surface area contributed by atoms with Crippen LogP contribution in [0.4, 0.5) is 13.2 Å². The number of alkyl halides is 3. The second-order valence-electron chi connectivity index (χ2n) is 3.47. The first-order chi connectivity index (χ1) is 6.86. The fraction of sp³-hybridized carbons (Fsp3) is 0.300. The van der Waals surface area contributed by atoms with E-state index in [0.717, 1.165) is 6.92 Å². The van der Waals surface area contributed by atoms with Gasteiger partial charge in [0.05, 0.1) is 5.56 Å². The molecule has 1 aromatic carbocycles. The third-order valence-electron chi connectivity index (χ3n) is 2.50. The average Bonchev–Trinajstić information content (AvgIpc) is 2.41. The summed E-state index contributed by atoms with van der Waals surface area (Å²) in [5, 5.41) is 0. The Kier molecular flexibility index (Phi) is 1.83. The topological polar surface area (TPSA) is 26.3 Å². The monoisotopic (exact) mass is 216 g/mol. The molecular weight excluding hydrogens is 209 g/mol. The Labute approximate surface area is 83.7 Å². The Balaban J connectivity index is 2.63. The van der Waals surface area contributed by atoms with Gasteiger partial charge in [-0.3, -0.25) is 0 Å². The van der Waals surface area contributed by atoms with Crippen molar-refractivity contribution in [3.05, 3.63) is 35.4 Å². The summed E-state index contributed by atoms with van der Waals surface area (Å²) in [5.74, 6) is -0.926. The first kappa shape index (κ1) is 10.0. The number of ether oxygens (including phenoxy) is 1. The molecule has 80 valence electrons. The van der Waals surface area contributed by atoms with E-state index in [9.17, 15) is 18.0 Å². The van der Waals surface area contributed by atoms with Gasteiger partial charge < -0.3 is 4.74 Å². The number of cyclic esters (lactones) is 1. The van der Waals surface area contributed by atoms with Crippen molar-refractivity contribution >= 4 is 5.97 Å². The number of hydrogen-bond donors (Lipinski definition) is 0. The molecule has 0 N–H and O–H groups in total. The normalized spacial score (nSPS) is 24.9. The maximum atomic E-state index is 12.7. The van der Waals surface area contributed by atoms with Gasteiger partial charge in [-0.25, -0.2) is 4.79 Å². The molecule has 0 radical (unpaired) electrons. The number of rotatable bonds is 0. The van der Waals surface area contributed by atoms with Crippen molar-refractivity contribution < 1.29 is 22.7 Å². The zero-order valence-corrected chi connectivity index (χ0v) is 7.76. The lowest BCUT2D eigenvalue weighted by Gasteiger charge is -2.26. The average molecular weight is 216 g/mol. The van der Waals surface area contributed by atoms with Crippen molar-refractivity contribution in [1.82, 2.24) is 0 Å². The lowest BCUT2D eigenvalue weighted by atomic mass is 9.94. The minimum Gasteiger partial charge on any atom is -0.441 e. The van der Waals surface area contributed by atoms with Crippen LogP contribution in [0.2, 0.25) is 0 Å². The molecule has 1 aromatic rings. The van der Waals surface area contributed by atoms with Gasteiger partial charge in [-0.15, -0.1) is 0 Å². The largest absolute Gasteiger partial charge is 0.441 e. The molecule has 0 spiro atoms. The van der Waals surface area contributed by atoms with Crippen molar-refractivity contribution in [1.29, 1.82) is 0 Å². The van der Waals surface area contributed by atoms with E-state index in [0.29, 0.717) is 0 Å². The van der Waals surface area contributed by atoms with Crippen LogP contribution in [0.15, 0.2) is 24.3 Å². The van der Waals surface area contributed by atoms with Crippen molar-refractivity contribution in [3.63, 3.8) is 0 Å². The summed E-state index contributed by atoms with van der Waals surface area (Å²) < 4.78 is 42.6. The number of esters is 1. The molecule has 1 atom stereocenters. The highest BCUT2D eigenvalue weighted by Crippen LogP contribution is 2.47. The number of fused-ring (bicyclic) bond motifs is 1. The van der Waals surface area contributed by atoms with Crippen molar-refractivity contribution in [2.45, 2.75) is 18.7 Å². The standard InChI is InChI=1S/C10H7F3O2/c1-9(10(11,12)13)7-5-3-2-4-6(7)8(14)15-9/h2-5H,1H3. The van der Waals surface area contributed by atoms with E-state index in [4.69, 9.17) is 0 Å². The third kappa shape index (κ3) is 1.22. The van der Waals surface area contributed by atoms with Gasteiger partial charge in [-0.05, 0) is 13.0 Å². The van der Waals surface area contributed by atoms with Gasteiger partial charge in [-0.1, -0.05) is 18.2 Å². The molecule has 0 amide bonds. The molecule has 0 aliphatic carbocycles. The van der Waals surface area contributed by atoms with Crippen molar-refractivity contribution in [2.24, 2.45) is 0 Å². The van der Waals surface area contributed by atoms with E-state index in [2.05, 4.69) is 4.74 Å². The molecule has 2 rings (SSSR count). The second kappa shape index (κ2) is 2.74. The third-order valence-corrected chi connectivity index (χ3v) is 2.50. The van der Waals surface area contributed by atoms with Crippen LogP contribution in [0, 0.1) is 0 Å². The van der Waals surface area contributed by atoms with Crippen LogP contribution in [-0.2, 0) is 10.3 Å². The van der Waals surface area contributed by atoms with Gasteiger partial charge in [-0.2, -0.15) is 13.2 Å².